The highest BCUT2D eigenvalue weighted by Gasteiger charge is 2.40. The first kappa shape index (κ1) is 18.7. The van der Waals surface area contributed by atoms with E-state index in [4.69, 9.17) is 5.11 Å². The topological polar surface area (TPSA) is 69.6 Å². The van der Waals surface area contributed by atoms with Crippen LogP contribution in [0.1, 0.15) is 65.7 Å². The van der Waals surface area contributed by atoms with Crippen molar-refractivity contribution in [2.24, 2.45) is 23.2 Å². The number of carbonyl (C=O) groups is 2. The first-order chi connectivity index (χ1) is 11.7. The quantitative estimate of drug-likeness (QED) is 0.741. The van der Waals surface area contributed by atoms with Gasteiger partial charge < -0.3 is 10.4 Å². The van der Waals surface area contributed by atoms with Crippen LogP contribution in [0, 0.1) is 23.2 Å². The van der Waals surface area contributed by atoms with Crippen molar-refractivity contribution in [2.75, 3.05) is 13.1 Å². The van der Waals surface area contributed by atoms with Crippen LogP contribution in [0.15, 0.2) is 0 Å². The van der Waals surface area contributed by atoms with Gasteiger partial charge in [-0.25, -0.2) is 0 Å². The van der Waals surface area contributed by atoms with Gasteiger partial charge in [0.2, 0.25) is 5.91 Å². The Bertz CT molecular complexity index is 509. The van der Waals surface area contributed by atoms with E-state index < -0.39 is 5.97 Å². The van der Waals surface area contributed by atoms with Gasteiger partial charge >= 0.3 is 5.97 Å². The highest BCUT2D eigenvalue weighted by atomic mass is 16.4. The molecule has 0 bridgehead atoms. The van der Waals surface area contributed by atoms with E-state index in [0.717, 1.165) is 32.2 Å². The zero-order valence-electron chi connectivity index (χ0n) is 16.0. The van der Waals surface area contributed by atoms with Crippen molar-refractivity contribution in [2.45, 2.75) is 77.8 Å². The normalized spacial score (nSPS) is 34.4. The zero-order valence-corrected chi connectivity index (χ0v) is 16.0. The average molecular weight is 351 g/mol. The molecule has 3 saturated carbocycles. The van der Waals surface area contributed by atoms with Gasteiger partial charge in [0.25, 0.3) is 0 Å². The Labute approximate surface area is 151 Å². The molecule has 0 aliphatic heterocycles. The van der Waals surface area contributed by atoms with Gasteiger partial charge in [0.05, 0.1) is 6.54 Å². The lowest BCUT2D eigenvalue weighted by molar-refractivity contribution is -0.140. The Balaban J connectivity index is 1.45. The number of carbonyl (C=O) groups excluding carboxylic acids is 1. The standard InChI is InChI=1S/C20H34N2O3/c1-13-6-15(10-20(2,3)9-13)19(25)21-16-7-17(8-16)22(12-18(23)24)11-14-4-5-14/h13-17H,4-12H2,1-3H3,(H,21,25)(H,23,24). The molecule has 2 atom stereocenters. The SMILES string of the molecule is CC1CC(C(=O)NC2CC(N(CC(=O)O)CC3CC3)C2)CC(C)(C)C1. The Kier molecular flexibility index (Phi) is 5.42. The molecular formula is C20H34N2O3. The van der Waals surface area contributed by atoms with E-state index in [1.54, 1.807) is 0 Å². The number of aliphatic carboxylic acids is 1. The Hall–Kier alpha value is -1.10. The van der Waals surface area contributed by atoms with Crippen LogP contribution in [-0.4, -0.2) is 47.1 Å². The number of nitrogens with one attached hydrogen (secondary N) is 1. The van der Waals surface area contributed by atoms with Crippen molar-refractivity contribution in [3.8, 4) is 0 Å². The van der Waals surface area contributed by atoms with Crippen molar-refractivity contribution in [1.29, 1.82) is 0 Å². The van der Waals surface area contributed by atoms with E-state index in [1.807, 2.05) is 0 Å². The molecule has 0 aromatic heterocycles. The molecule has 0 saturated heterocycles. The summed E-state index contributed by atoms with van der Waals surface area (Å²) in [5.41, 5.74) is 0.254. The minimum atomic E-state index is -0.744. The van der Waals surface area contributed by atoms with E-state index in [-0.39, 0.29) is 29.8 Å². The van der Waals surface area contributed by atoms with Crippen molar-refractivity contribution in [1.82, 2.24) is 10.2 Å². The fraction of sp³-hybridized carbons (Fsp3) is 0.900. The molecule has 0 aromatic rings. The van der Waals surface area contributed by atoms with Crippen molar-refractivity contribution < 1.29 is 14.7 Å². The van der Waals surface area contributed by atoms with Gasteiger partial charge in [0.15, 0.2) is 0 Å². The molecule has 3 rings (SSSR count). The molecule has 3 aliphatic carbocycles. The minimum Gasteiger partial charge on any atom is -0.480 e. The summed E-state index contributed by atoms with van der Waals surface area (Å²) in [6.07, 6.45) is 7.45. The smallest absolute Gasteiger partial charge is 0.317 e. The van der Waals surface area contributed by atoms with Gasteiger partial charge in [0, 0.05) is 24.5 Å². The minimum absolute atomic E-state index is 0.135. The highest BCUT2D eigenvalue weighted by Crippen LogP contribution is 2.42. The average Bonchev–Trinajstić information content (AvgIpc) is 3.22. The first-order valence-corrected chi connectivity index (χ1v) is 9.98. The third-order valence-electron chi connectivity index (χ3n) is 6.26. The summed E-state index contributed by atoms with van der Waals surface area (Å²) in [5.74, 6) is 0.915. The van der Waals surface area contributed by atoms with Crippen molar-refractivity contribution >= 4 is 11.9 Å². The zero-order chi connectivity index (χ0) is 18.2. The number of hydrogen-bond acceptors (Lipinski definition) is 3. The maximum absolute atomic E-state index is 12.7. The van der Waals surface area contributed by atoms with E-state index in [0.29, 0.717) is 17.9 Å². The van der Waals surface area contributed by atoms with Gasteiger partial charge in [-0.15, -0.1) is 0 Å². The van der Waals surface area contributed by atoms with Crippen LogP contribution >= 0.6 is 0 Å². The predicted molar refractivity (Wildman–Crippen MR) is 97.2 cm³/mol. The molecule has 0 radical (unpaired) electrons. The molecule has 3 fully saturated rings. The Morgan fingerprint density at radius 2 is 1.84 bits per heavy atom. The van der Waals surface area contributed by atoms with Gasteiger partial charge in [-0.1, -0.05) is 20.8 Å². The summed E-state index contributed by atoms with van der Waals surface area (Å²) >= 11 is 0. The molecule has 0 spiro atoms. The molecule has 25 heavy (non-hydrogen) atoms. The van der Waals surface area contributed by atoms with Crippen LogP contribution < -0.4 is 5.32 Å². The molecule has 2 unspecified atom stereocenters. The summed E-state index contributed by atoms with van der Waals surface area (Å²) in [7, 11) is 0. The van der Waals surface area contributed by atoms with Gasteiger partial charge in [-0.2, -0.15) is 0 Å². The number of rotatable bonds is 7. The maximum Gasteiger partial charge on any atom is 0.317 e. The Morgan fingerprint density at radius 1 is 1.16 bits per heavy atom. The van der Waals surface area contributed by atoms with Crippen molar-refractivity contribution in [3.05, 3.63) is 0 Å². The summed E-state index contributed by atoms with van der Waals surface area (Å²) in [4.78, 5) is 25.9. The summed E-state index contributed by atoms with van der Waals surface area (Å²) in [5, 5.41) is 12.4. The van der Waals surface area contributed by atoms with Crippen LogP contribution in [0.25, 0.3) is 0 Å². The lowest BCUT2D eigenvalue weighted by Gasteiger charge is -2.44. The molecule has 0 aromatic carbocycles. The molecule has 2 N–H and O–H groups in total. The van der Waals surface area contributed by atoms with Crippen LogP contribution in [-0.2, 0) is 9.59 Å². The van der Waals surface area contributed by atoms with Gasteiger partial charge in [-0.05, 0) is 62.2 Å². The fourth-order valence-electron chi connectivity index (χ4n) is 5.02. The lowest BCUT2D eigenvalue weighted by Crippen LogP contribution is -2.56. The molecule has 3 aliphatic rings. The summed E-state index contributed by atoms with van der Waals surface area (Å²) in [6, 6.07) is 0.553. The molecule has 5 heteroatoms. The second-order valence-corrected chi connectivity index (χ2v) is 9.71. The second kappa shape index (κ2) is 7.26. The van der Waals surface area contributed by atoms with E-state index >= 15 is 0 Å². The number of hydrogen-bond donors (Lipinski definition) is 2. The number of nitrogens with zero attached hydrogens (tertiary/aromatic N) is 1. The molecule has 0 heterocycles. The fourth-order valence-corrected chi connectivity index (χ4v) is 5.02. The van der Waals surface area contributed by atoms with Gasteiger partial charge in [0.1, 0.15) is 0 Å². The summed E-state index contributed by atoms with van der Waals surface area (Å²) < 4.78 is 0. The lowest BCUT2D eigenvalue weighted by atomic mass is 9.67. The summed E-state index contributed by atoms with van der Waals surface area (Å²) in [6.45, 7) is 7.83. The molecule has 5 nitrogen and oxygen atoms in total. The highest BCUT2D eigenvalue weighted by molar-refractivity contribution is 5.79. The van der Waals surface area contributed by atoms with Gasteiger partial charge in [-0.3, -0.25) is 14.5 Å². The van der Waals surface area contributed by atoms with E-state index in [1.165, 1.54) is 19.3 Å². The third kappa shape index (κ3) is 5.19. The second-order valence-electron chi connectivity index (χ2n) is 9.71. The monoisotopic (exact) mass is 350 g/mol. The number of amides is 1. The van der Waals surface area contributed by atoms with Crippen LogP contribution in [0.3, 0.4) is 0 Å². The van der Waals surface area contributed by atoms with Crippen LogP contribution in [0.2, 0.25) is 0 Å². The molecule has 142 valence electrons. The van der Waals surface area contributed by atoms with Crippen LogP contribution in [0.4, 0.5) is 0 Å². The number of carboxylic acid groups (broad SMARTS) is 1. The Morgan fingerprint density at radius 3 is 2.40 bits per heavy atom. The predicted octanol–water partition coefficient (Wildman–Crippen LogP) is 2.89. The van der Waals surface area contributed by atoms with E-state index in [2.05, 4.69) is 31.0 Å². The number of carboxylic acids is 1. The maximum atomic E-state index is 12.7. The van der Waals surface area contributed by atoms with Crippen LogP contribution in [0.5, 0.6) is 0 Å². The third-order valence-corrected chi connectivity index (χ3v) is 6.26. The molecule has 1 amide bonds. The van der Waals surface area contributed by atoms with E-state index in [9.17, 15) is 9.59 Å². The largest absolute Gasteiger partial charge is 0.480 e. The first-order valence-electron chi connectivity index (χ1n) is 9.98. The van der Waals surface area contributed by atoms with Crippen molar-refractivity contribution in [3.63, 3.8) is 0 Å². The molecular weight excluding hydrogens is 316 g/mol.